The number of carbonyl (C=O) groups excluding carboxylic acids is 1. The lowest BCUT2D eigenvalue weighted by Gasteiger charge is -2.43. The van der Waals surface area contributed by atoms with Gasteiger partial charge < -0.3 is 15.0 Å². The monoisotopic (exact) mass is 254 g/mol. The van der Waals surface area contributed by atoms with E-state index in [1.54, 1.807) is 0 Å². The van der Waals surface area contributed by atoms with Crippen LogP contribution in [0.2, 0.25) is 0 Å². The fourth-order valence-corrected chi connectivity index (χ4v) is 3.02. The second-order valence-corrected chi connectivity index (χ2v) is 5.71. The highest BCUT2D eigenvalue weighted by molar-refractivity contribution is 5.77. The van der Waals surface area contributed by atoms with Crippen molar-refractivity contribution >= 4 is 5.91 Å². The Morgan fingerprint density at radius 1 is 1.39 bits per heavy atom. The minimum absolute atomic E-state index is 0.295. The molecule has 2 atom stereocenters. The molecule has 1 N–H and O–H groups in total. The number of nitrogens with zero attached hydrogens (tertiary/aromatic N) is 1. The molecule has 1 saturated carbocycles. The van der Waals surface area contributed by atoms with E-state index in [1.807, 2.05) is 0 Å². The lowest BCUT2D eigenvalue weighted by Crippen LogP contribution is -2.55. The van der Waals surface area contributed by atoms with Crippen molar-refractivity contribution in [1.82, 2.24) is 10.2 Å². The smallest absolute Gasteiger partial charge is 0.224 e. The van der Waals surface area contributed by atoms with E-state index in [2.05, 4.69) is 24.1 Å². The van der Waals surface area contributed by atoms with Crippen LogP contribution < -0.4 is 5.32 Å². The Hall–Kier alpha value is -0.610. The van der Waals surface area contributed by atoms with E-state index in [4.69, 9.17) is 4.74 Å². The van der Waals surface area contributed by atoms with Crippen LogP contribution in [0.3, 0.4) is 0 Å². The molecule has 2 fully saturated rings. The first-order valence-electron chi connectivity index (χ1n) is 7.33. The van der Waals surface area contributed by atoms with Crippen LogP contribution in [0.1, 0.15) is 46.0 Å². The number of hydrogen-bond donors (Lipinski definition) is 1. The van der Waals surface area contributed by atoms with Crippen LogP contribution in [-0.4, -0.2) is 48.7 Å². The second kappa shape index (κ2) is 6.53. The molecule has 1 aliphatic carbocycles. The summed E-state index contributed by atoms with van der Waals surface area (Å²) < 4.78 is 5.80. The van der Waals surface area contributed by atoms with Gasteiger partial charge in [-0.05, 0) is 12.8 Å². The SMILES string of the molecule is CC(C)NCCC(=O)N1CCOC2CCCCC21. The number of amides is 1. The van der Waals surface area contributed by atoms with Crippen molar-refractivity contribution in [2.24, 2.45) is 0 Å². The van der Waals surface area contributed by atoms with Gasteiger partial charge in [0.1, 0.15) is 0 Å². The Balaban J connectivity index is 1.84. The van der Waals surface area contributed by atoms with Gasteiger partial charge in [0.2, 0.25) is 5.91 Å². The molecule has 18 heavy (non-hydrogen) atoms. The number of fused-ring (bicyclic) bond motifs is 1. The lowest BCUT2D eigenvalue weighted by atomic mass is 9.90. The van der Waals surface area contributed by atoms with Crippen LogP contribution in [-0.2, 0) is 9.53 Å². The first kappa shape index (κ1) is 13.8. The molecule has 2 aliphatic rings. The molecule has 0 aromatic rings. The van der Waals surface area contributed by atoms with Crippen LogP contribution >= 0.6 is 0 Å². The van der Waals surface area contributed by atoms with Crippen molar-refractivity contribution in [2.75, 3.05) is 19.7 Å². The summed E-state index contributed by atoms with van der Waals surface area (Å²) in [7, 11) is 0. The predicted octanol–water partition coefficient (Wildman–Crippen LogP) is 1.54. The maximum Gasteiger partial charge on any atom is 0.224 e. The third-order valence-corrected chi connectivity index (χ3v) is 3.94. The summed E-state index contributed by atoms with van der Waals surface area (Å²) in [5.41, 5.74) is 0. The summed E-state index contributed by atoms with van der Waals surface area (Å²) in [6, 6.07) is 0.795. The van der Waals surface area contributed by atoms with E-state index in [9.17, 15) is 4.79 Å². The summed E-state index contributed by atoms with van der Waals surface area (Å²) in [4.78, 5) is 14.3. The fraction of sp³-hybridized carbons (Fsp3) is 0.929. The summed E-state index contributed by atoms with van der Waals surface area (Å²) >= 11 is 0. The number of ether oxygens (including phenoxy) is 1. The molecule has 0 bridgehead atoms. The minimum atomic E-state index is 0.295. The van der Waals surface area contributed by atoms with Gasteiger partial charge in [0, 0.05) is 25.6 Å². The molecule has 1 amide bonds. The molecule has 2 unspecified atom stereocenters. The zero-order chi connectivity index (χ0) is 13.0. The van der Waals surface area contributed by atoms with Crippen molar-refractivity contribution < 1.29 is 9.53 Å². The molecule has 4 heteroatoms. The molecular weight excluding hydrogens is 228 g/mol. The van der Waals surface area contributed by atoms with Gasteiger partial charge in [-0.25, -0.2) is 0 Å². The highest BCUT2D eigenvalue weighted by Gasteiger charge is 2.36. The molecule has 1 aliphatic heterocycles. The predicted molar refractivity (Wildman–Crippen MR) is 71.5 cm³/mol. The third-order valence-electron chi connectivity index (χ3n) is 3.94. The highest BCUT2D eigenvalue weighted by Crippen LogP contribution is 2.28. The number of rotatable bonds is 4. The molecule has 104 valence electrons. The molecule has 0 spiro atoms. The van der Waals surface area contributed by atoms with Gasteiger partial charge in [0.05, 0.1) is 18.8 Å². The van der Waals surface area contributed by atoms with Gasteiger partial charge in [-0.1, -0.05) is 26.7 Å². The summed E-state index contributed by atoms with van der Waals surface area (Å²) in [6.45, 7) is 6.49. The largest absolute Gasteiger partial charge is 0.374 e. The summed E-state index contributed by atoms with van der Waals surface area (Å²) in [5, 5.41) is 3.31. The van der Waals surface area contributed by atoms with Crippen molar-refractivity contribution in [3.05, 3.63) is 0 Å². The van der Waals surface area contributed by atoms with E-state index in [0.29, 0.717) is 37.1 Å². The van der Waals surface area contributed by atoms with Crippen LogP contribution in [0, 0.1) is 0 Å². The van der Waals surface area contributed by atoms with Gasteiger partial charge in [-0.3, -0.25) is 4.79 Å². The normalized spacial score (nSPS) is 28.3. The van der Waals surface area contributed by atoms with Crippen LogP contribution in [0.25, 0.3) is 0 Å². The van der Waals surface area contributed by atoms with E-state index in [1.165, 1.54) is 12.8 Å². The van der Waals surface area contributed by atoms with E-state index >= 15 is 0 Å². The van der Waals surface area contributed by atoms with E-state index in [-0.39, 0.29) is 0 Å². The number of hydrogen-bond acceptors (Lipinski definition) is 3. The fourth-order valence-electron chi connectivity index (χ4n) is 3.02. The van der Waals surface area contributed by atoms with Crippen LogP contribution in [0.4, 0.5) is 0 Å². The molecule has 2 rings (SSSR count). The molecule has 0 aromatic heterocycles. The van der Waals surface area contributed by atoms with Gasteiger partial charge in [0.25, 0.3) is 0 Å². The zero-order valence-corrected chi connectivity index (χ0v) is 11.7. The maximum absolute atomic E-state index is 12.3. The topological polar surface area (TPSA) is 41.6 Å². The average molecular weight is 254 g/mol. The number of carbonyl (C=O) groups is 1. The first-order valence-corrected chi connectivity index (χ1v) is 7.33. The standard InChI is InChI=1S/C14H26N2O2/c1-11(2)15-8-7-14(17)16-9-10-18-13-6-4-3-5-12(13)16/h11-13,15H,3-10H2,1-2H3. The highest BCUT2D eigenvalue weighted by atomic mass is 16.5. The first-order chi connectivity index (χ1) is 8.68. The zero-order valence-electron chi connectivity index (χ0n) is 11.7. The van der Waals surface area contributed by atoms with Gasteiger partial charge in [-0.2, -0.15) is 0 Å². The average Bonchev–Trinajstić information content (AvgIpc) is 2.37. The Labute approximate surface area is 110 Å². The van der Waals surface area contributed by atoms with E-state index < -0.39 is 0 Å². The molecule has 1 saturated heterocycles. The van der Waals surface area contributed by atoms with Gasteiger partial charge in [-0.15, -0.1) is 0 Å². The molecule has 0 aromatic carbocycles. The minimum Gasteiger partial charge on any atom is -0.374 e. The molecular formula is C14H26N2O2. The van der Waals surface area contributed by atoms with E-state index in [0.717, 1.165) is 25.9 Å². The Morgan fingerprint density at radius 3 is 2.94 bits per heavy atom. The summed E-state index contributed by atoms with van der Waals surface area (Å²) in [5.74, 6) is 0.295. The van der Waals surface area contributed by atoms with Crippen molar-refractivity contribution in [3.8, 4) is 0 Å². The second-order valence-electron chi connectivity index (χ2n) is 5.71. The summed E-state index contributed by atoms with van der Waals surface area (Å²) in [6.07, 6.45) is 5.64. The van der Waals surface area contributed by atoms with Crippen molar-refractivity contribution in [1.29, 1.82) is 0 Å². The van der Waals surface area contributed by atoms with Crippen molar-refractivity contribution in [3.63, 3.8) is 0 Å². The third kappa shape index (κ3) is 3.45. The molecule has 0 radical (unpaired) electrons. The lowest BCUT2D eigenvalue weighted by molar-refractivity contribution is -0.149. The molecule has 4 nitrogen and oxygen atoms in total. The number of nitrogens with one attached hydrogen (secondary N) is 1. The Kier molecular flexibility index (Phi) is 5.01. The Morgan fingerprint density at radius 2 is 2.17 bits per heavy atom. The van der Waals surface area contributed by atoms with Gasteiger partial charge in [0.15, 0.2) is 0 Å². The van der Waals surface area contributed by atoms with Crippen LogP contribution in [0.15, 0.2) is 0 Å². The maximum atomic E-state index is 12.3. The Bertz CT molecular complexity index is 279. The molecule has 1 heterocycles. The van der Waals surface area contributed by atoms with Crippen LogP contribution in [0.5, 0.6) is 0 Å². The van der Waals surface area contributed by atoms with Gasteiger partial charge >= 0.3 is 0 Å². The number of morpholine rings is 1. The van der Waals surface area contributed by atoms with Crippen molar-refractivity contribution in [2.45, 2.75) is 64.1 Å². The quantitative estimate of drug-likeness (QED) is 0.827.